The molecular weight excluding hydrogens is 271 g/mol. The first-order chi connectivity index (χ1) is 9.49. The van der Waals surface area contributed by atoms with Crippen molar-refractivity contribution in [3.05, 3.63) is 42.2 Å². The van der Waals surface area contributed by atoms with Gasteiger partial charge in [0.25, 0.3) is 0 Å². The fourth-order valence-corrected chi connectivity index (χ4v) is 1.64. The number of nitrogens with zero attached hydrogens (tertiary/aromatic N) is 2. The van der Waals surface area contributed by atoms with Crippen LogP contribution in [0.5, 0.6) is 11.5 Å². The van der Waals surface area contributed by atoms with Crippen LogP contribution in [0.2, 0.25) is 0 Å². The van der Waals surface area contributed by atoms with E-state index in [1.807, 2.05) is 0 Å². The predicted octanol–water partition coefficient (Wildman–Crippen LogP) is 3.04. The number of hydrogen-bond donors (Lipinski definition) is 1. The third kappa shape index (κ3) is 3.74. The van der Waals surface area contributed by atoms with Crippen molar-refractivity contribution >= 4 is 0 Å². The first-order valence-electron chi connectivity index (χ1n) is 6.06. The Morgan fingerprint density at radius 3 is 2.75 bits per heavy atom. The second-order valence-electron chi connectivity index (χ2n) is 4.21. The summed E-state index contributed by atoms with van der Waals surface area (Å²) in [6, 6.07) is 4.72. The summed E-state index contributed by atoms with van der Waals surface area (Å²) in [6.07, 6.45) is -0.540. The lowest BCUT2D eigenvalue weighted by Gasteiger charge is -2.08. The van der Waals surface area contributed by atoms with Crippen LogP contribution in [0, 0.1) is 0 Å². The van der Waals surface area contributed by atoms with Gasteiger partial charge in [-0.1, -0.05) is 6.07 Å². The van der Waals surface area contributed by atoms with E-state index >= 15 is 0 Å². The molecule has 1 aromatic heterocycles. The van der Waals surface area contributed by atoms with Gasteiger partial charge in [-0.25, -0.2) is 0 Å². The number of aryl methyl sites for hydroxylation is 1. The minimum Gasteiger partial charge on any atom is -0.454 e. The van der Waals surface area contributed by atoms with Crippen LogP contribution >= 0.6 is 0 Å². The highest BCUT2D eigenvalue weighted by Crippen LogP contribution is 2.32. The minimum atomic E-state index is -4.38. The zero-order valence-corrected chi connectivity index (χ0v) is 10.6. The van der Waals surface area contributed by atoms with Gasteiger partial charge in [-0.15, -0.1) is 0 Å². The number of hydrogen-bond acceptors (Lipinski definition) is 3. The molecule has 0 atom stereocenters. The molecule has 7 heteroatoms. The average molecular weight is 285 g/mol. The maximum atomic E-state index is 12.6. The van der Waals surface area contributed by atoms with Crippen molar-refractivity contribution in [3.63, 3.8) is 0 Å². The molecule has 0 amide bonds. The van der Waals surface area contributed by atoms with Gasteiger partial charge >= 0.3 is 6.18 Å². The number of halogens is 3. The van der Waals surface area contributed by atoms with Crippen molar-refractivity contribution in [2.24, 2.45) is 5.73 Å². The Morgan fingerprint density at radius 1 is 1.25 bits per heavy atom. The predicted molar refractivity (Wildman–Crippen MR) is 67.4 cm³/mol. The fourth-order valence-electron chi connectivity index (χ4n) is 1.64. The summed E-state index contributed by atoms with van der Waals surface area (Å²) >= 11 is 0. The standard InChI is InChI=1S/C13H14F3N3O/c14-13(15,16)10-3-1-4-11(7-10)20-12-8-18-19(9-12)6-2-5-17/h1,3-4,7-9H,2,5-6,17H2. The van der Waals surface area contributed by atoms with Crippen LogP contribution in [-0.4, -0.2) is 16.3 Å². The second-order valence-corrected chi connectivity index (χ2v) is 4.21. The Morgan fingerprint density at radius 2 is 2.05 bits per heavy atom. The average Bonchev–Trinajstić information content (AvgIpc) is 2.83. The lowest BCUT2D eigenvalue weighted by molar-refractivity contribution is -0.137. The van der Waals surface area contributed by atoms with Gasteiger partial charge in [0.2, 0.25) is 0 Å². The van der Waals surface area contributed by atoms with E-state index in [4.69, 9.17) is 10.5 Å². The smallest absolute Gasteiger partial charge is 0.416 e. The third-order valence-corrected chi connectivity index (χ3v) is 2.60. The minimum absolute atomic E-state index is 0.123. The summed E-state index contributed by atoms with van der Waals surface area (Å²) in [7, 11) is 0. The van der Waals surface area contributed by atoms with Crippen molar-refractivity contribution < 1.29 is 17.9 Å². The molecule has 0 saturated heterocycles. The normalized spacial score (nSPS) is 11.6. The van der Waals surface area contributed by atoms with E-state index in [0.717, 1.165) is 18.6 Å². The first-order valence-corrected chi connectivity index (χ1v) is 6.06. The molecule has 1 heterocycles. The topological polar surface area (TPSA) is 53.1 Å². The number of aromatic nitrogens is 2. The van der Waals surface area contributed by atoms with E-state index in [1.165, 1.54) is 18.3 Å². The van der Waals surface area contributed by atoms with Crippen LogP contribution in [-0.2, 0) is 12.7 Å². The van der Waals surface area contributed by atoms with Crippen LogP contribution in [0.3, 0.4) is 0 Å². The molecule has 0 bridgehead atoms. The highest BCUT2D eigenvalue weighted by molar-refractivity contribution is 5.33. The van der Waals surface area contributed by atoms with Gasteiger partial charge in [0.15, 0.2) is 5.75 Å². The molecule has 2 rings (SSSR count). The Labute approximate surface area is 114 Å². The molecule has 0 unspecified atom stereocenters. The van der Waals surface area contributed by atoms with Gasteiger partial charge in [-0.2, -0.15) is 18.3 Å². The molecule has 0 fully saturated rings. The number of ether oxygens (including phenoxy) is 1. The first kappa shape index (κ1) is 14.4. The third-order valence-electron chi connectivity index (χ3n) is 2.60. The van der Waals surface area contributed by atoms with E-state index in [9.17, 15) is 13.2 Å². The van der Waals surface area contributed by atoms with Gasteiger partial charge in [0.05, 0.1) is 18.0 Å². The lowest BCUT2D eigenvalue weighted by Crippen LogP contribution is -2.05. The molecule has 0 aliphatic heterocycles. The molecule has 2 N–H and O–H groups in total. The summed E-state index contributed by atoms with van der Waals surface area (Å²) in [4.78, 5) is 0. The molecule has 0 aliphatic carbocycles. The van der Waals surface area contributed by atoms with Gasteiger partial charge in [-0.05, 0) is 31.2 Å². The van der Waals surface area contributed by atoms with Gasteiger partial charge in [-0.3, -0.25) is 4.68 Å². The Hall–Kier alpha value is -2.02. The van der Waals surface area contributed by atoms with E-state index < -0.39 is 11.7 Å². The van der Waals surface area contributed by atoms with E-state index in [1.54, 1.807) is 10.9 Å². The zero-order valence-electron chi connectivity index (χ0n) is 10.6. The van der Waals surface area contributed by atoms with Crippen molar-refractivity contribution in [3.8, 4) is 11.5 Å². The molecule has 0 radical (unpaired) electrons. The number of nitrogens with two attached hydrogens (primary N) is 1. The molecule has 20 heavy (non-hydrogen) atoms. The molecule has 2 aromatic rings. The van der Waals surface area contributed by atoms with Crippen molar-refractivity contribution in [2.75, 3.05) is 6.54 Å². The SMILES string of the molecule is NCCCn1cc(Oc2cccc(C(F)(F)F)c2)cn1. The number of alkyl halides is 3. The van der Waals surface area contributed by atoms with Crippen molar-refractivity contribution in [1.29, 1.82) is 0 Å². The second kappa shape index (κ2) is 5.96. The van der Waals surface area contributed by atoms with Crippen LogP contribution in [0.1, 0.15) is 12.0 Å². The number of benzene rings is 1. The van der Waals surface area contributed by atoms with Gasteiger partial charge in [0.1, 0.15) is 5.75 Å². The van der Waals surface area contributed by atoms with Crippen molar-refractivity contribution in [1.82, 2.24) is 9.78 Å². The monoisotopic (exact) mass is 285 g/mol. The summed E-state index contributed by atoms with van der Waals surface area (Å²) in [5.74, 6) is 0.513. The summed E-state index contributed by atoms with van der Waals surface area (Å²) in [6.45, 7) is 1.19. The highest BCUT2D eigenvalue weighted by Gasteiger charge is 2.30. The lowest BCUT2D eigenvalue weighted by atomic mass is 10.2. The molecular formula is C13H14F3N3O. The molecule has 0 saturated carbocycles. The van der Waals surface area contributed by atoms with Crippen LogP contribution in [0.25, 0.3) is 0 Å². The summed E-state index contributed by atoms with van der Waals surface area (Å²) < 4.78 is 44.7. The molecule has 4 nitrogen and oxygen atoms in total. The van der Waals surface area contributed by atoms with E-state index in [-0.39, 0.29) is 5.75 Å². The number of rotatable bonds is 5. The molecule has 0 spiro atoms. The molecule has 108 valence electrons. The van der Waals surface area contributed by atoms with Crippen LogP contribution in [0.15, 0.2) is 36.7 Å². The Bertz CT molecular complexity index is 566. The quantitative estimate of drug-likeness (QED) is 0.918. The van der Waals surface area contributed by atoms with Gasteiger partial charge < -0.3 is 10.5 Å². The zero-order chi connectivity index (χ0) is 14.6. The van der Waals surface area contributed by atoms with Crippen molar-refractivity contribution in [2.45, 2.75) is 19.1 Å². The highest BCUT2D eigenvalue weighted by atomic mass is 19.4. The maximum Gasteiger partial charge on any atom is 0.416 e. The fraction of sp³-hybridized carbons (Fsp3) is 0.308. The molecule has 0 aliphatic rings. The molecule has 1 aromatic carbocycles. The Balaban J connectivity index is 2.08. The van der Waals surface area contributed by atoms with E-state index in [2.05, 4.69) is 5.10 Å². The Kier molecular flexibility index (Phi) is 4.29. The summed E-state index contributed by atoms with van der Waals surface area (Å²) in [5.41, 5.74) is 4.64. The van der Waals surface area contributed by atoms with Gasteiger partial charge in [0, 0.05) is 6.54 Å². The van der Waals surface area contributed by atoms with Crippen LogP contribution in [0.4, 0.5) is 13.2 Å². The van der Waals surface area contributed by atoms with Crippen LogP contribution < -0.4 is 10.5 Å². The maximum absolute atomic E-state index is 12.6. The van der Waals surface area contributed by atoms with E-state index in [0.29, 0.717) is 18.8 Å². The summed E-state index contributed by atoms with van der Waals surface area (Å²) in [5, 5.41) is 4.03. The largest absolute Gasteiger partial charge is 0.454 e.